The number of nitrogens with one attached hydrogen (secondary N) is 1. The highest BCUT2D eigenvalue weighted by Crippen LogP contribution is 2.09. The lowest BCUT2D eigenvalue weighted by molar-refractivity contribution is 0.0690. The molecule has 2 heterocycles. The number of oxazole rings is 1. The Morgan fingerprint density at radius 2 is 2.53 bits per heavy atom. The molecule has 90 valence electrons. The topological polar surface area (TPSA) is 93.2 Å². The quantitative estimate of drug-likeness (QED) is 0.806. The summed E-state index contributed by atoms with van der Waals surface area (Å²) in [5.41, 5.74) is -0.112. The highest BCUT2D eigenvalue weighted by Gasteiger charge is 2.12. The number of rotatable bonds is 5. The van der Waals surface area contributed by atoms with E-state index in [1.54, 1.807) is 10.9 Å². The highest BCUT2D eigenvalue weighted by atomic mass is 16.4. The van der Waals surface area contributed by atoms with Crippen molar-refractivity contribution in [3.63, 3.8) is 0 Å². The van der Waals surface area contributed by atoms with Crippen molar-refractivity contribution in [3.8, 4) is 0 Å². The van der Waals surface area contributed by atoms with Gasteiger partial charge in [0.2, 0.25) is 0 Å². The fourth-order valence-corrected chi connectivity index (χ4v) is 1.38. The van der Waals surface area contributed by atoms with Gasteiger partial charge in [-0.3, -0.25) is 4.68 Å². The monoisotopic (exact) mass is 236 g/mol. The fourth-order valence-electron chi connectivity index (χ4n) is 1.38. The number of aromatic carboxylic acids is 1. The molecule has 0 fully saturated rings. The molecule has 0 aliphatic rings. The smallest absolute Gasteiger partial charge is 0.357 e. The van der Waals surface area contributed by atoms with E-state index in [1.165, 1.54) is 0 Å². The molecule has 2 aromatic heterocycles. The maximum Gasteiger partial charge on any atom is 0.357 e. The minimum Gasteiger partial charge on any atom is -0.476 e. The first-order valence-corrected chi connectivity index (χ1v) is 5.08. The SMILES string of the molecule is CC(Cn1cccn1)Nc1nc(C(=O)O)co1. The molecule has 0 aromatic carbocycles. The van der Waals surface area contributed by atoms with Crippen molar-refractivity contribution >= 4 is 12.0 Å². The van der Waals surface area contributed by atoms with Crippen LogP contribution < -0.4 is 5.32 Å². The number of aromatic nitrogens is 3. The van der Waals surface area contributed by atoms with E-state index in [-0.39, 0.29) is 17.8 Å². The van der Waals surface area contributed by atoms with E-state index in [2.05, 4.69) is 15.4 Å². The van der Waals surface area contributed by atoms with Crippen molar-refractivity contribution in [2.24, 2.45) is 0 Å². The van der Waals surface area contributed by atoms with Crippen LogP contribution in [0.5, 0.6) is 0 Å². The average Bonchev–Trinajstić information content (AvgIpc) is 2.88. The summed E-state index contributed by atoms with van der Waals surface area (Å²) in [5, 5.41) is 15.7. The molecule has 0 saturated carbocycles. The summed E-state index contributed by atoms with van der Waals surface area (Å²) in [4.78, 5) is 14.4. The second-order valence-corrected chi connectivity index (χ2v) is 3.62. The van der Waals surface area contributed by atoms with Crippen LogP contribution in [0.1, 0.15) is 17.4 Å². The average molecular weight is 236 g/mol. The lowest BCUT2D eigenvalue weighted by Crippen LogP contribution is -2.22. The first-order chi connectivity index (χ1) is 8.15. The first kappa shape index (κ1) is 11.2. The third kappa shape index (κ3) is 2.83. The van der Waals surface area contributed by atoms with Crippen LogP contribution in [0.2, 0.25) is 0 Å². The number of nitrogens with zero attached hydrogens (tertiary/aromatic N) is 3. The summed E-state index contributed by atoms with van der Waals surface area (Å²) in [6.07, 6.45) is 4.64. The van der Waals surface area contributed by atoms with Gasteiger partial charge < -0.3 is 14.8 Å². The molecule has 0 aliphatic heterocycles. The number of carbonyl (C=O) groups is 1. The molecule has 2 aromatic rings. The van der Waals surface area contributed by atoms with Gasteiger partial charge >= 0.3 is 5.97 Å². The van der Waals surface area contributed by atoms with Crippen molar-refractivity contribution in [1.82, 2.24) is 14.8 Å². The third-order valence-corrected chi connectivity index (χ3v) is 2.11. The second-order valence-electron chi connectivity index (χ2n) is 3.62. The van der Waals surface area contributed by atoms with Crippen LogP contribution in [-0.4, -0.2) is 31.9 Å². The van der Waals surface area contributed by atoms with Gasteiger partial charge in [0.05, 0.1) is 6.54 Å². The molecule has 2 N–H and O–H groups in total. The first-order valence-electron chi connectivity index (χ1n) is 5.08. The van der Waals surface area contributed by atoms with Gasteiger partial charge in [-0.25, -0.2) is 4.79 Å². The minimum absolute atomic E-state index is 0.0233. The lowest BCUT2D eigenvalue weighted by Gasteiger charge is -2.11. The van der Waals surface area contributed by atoms with Crippen LogP contribution in [-0.2, 0) is 6.54 Å². The van der Waals surface area contributed by atoms with Crippen LogP contribution in [0.25, 0.3) is 0 Å². The van der Waals surface area contributed by atoms with Gasteiger partial charge in [0.15, 0.2) is 5.69 Å². The molecule has 1 unspecified atom stereocenters. The standard InChI is InChI=1S/C10H12N4O3/c1-7(5-14-4-2-3-11-14)12-10-13-8(6-17-10)9(15)16/h2-4,6-7H,5H2,1H3,(H,12,13)(H,15,16). The molecular formula is C10H12N4O3. The molecule has 0 aliphatic carbocycles. The molecule has 0 radical (unpaired) electrons. The second kappa shape index (κ2) is 4.69. The molecule has 7 nitrogen and oxygen atoms in total. The molecule has 0 amide bonds. The van der Waals surface area contributed by atoms with Gasteiger partial charge in [0.1, 0.15) is 6.26 Å². The Bertz CT molecular complexity index is 491. The molecule has 2 rings (SSSR count). The van der Waals surface area contributed by atoms with Crippen molar-refractivity contribution in [2.45, 2.75) is 19.5 Å². The predicted octanol–water partition coefficient (Wildman–Crippen LogP) is 1.07. The lowest BCUT2D eigenvalue weighted by atomic mass is 10.3. The Balaban J connectivity index is 1.93. The number of hydrogen-bond acceptors (Lipinski definition) is 5. The molecule has 0 bridgehead atoms. The normalized spacial score (nSPS) is 12.3. The van der Waals surface area contributed by atoms with Gasteiger partial charge in [-0.15, -0.1) is 0 Å². The summed E-state index contributed by atoms with van der Waals surface area (Å²) in [7, 11) is 0. The maximum atomic E-state index is 10.6. The van der Waals surface area contributed by atoms with Crippen molar-refractivity contribution < 1.29 is 14.3 Å². The Labute approximate surface area is 97.1 Å². The van der Waals surface area contributed by atoms with Crippen LogP contribution in [0.15, 0.2) is 29.1 Å². The Morgan fingerprint density at radius 3 is 3.12 bits per heavy atom. The van der Waals surface area contributed by atoms with Crippen LogP contribution in [0, 0.1) is 0 Å². The highest BCUT2D eigenvalue weighted by molar-refractivity contribution is 5.85. The van der Waals surface area contributed by atoms with Crippen LogP contribution in [0.3, 0.4) is 0 Å². The zero-order chi connectivity index (χ0) is 12.3. The van der Waals surface area contributed by atoms with Gasteiger partial charge in [0, 0.05) is 18.4 Å². The maximum absolute atomic E-state index is 10.6. The summed E-state index contributed by atoms with van der Waals surface area (Å²) in [6.45, 7) is 2.56. The zero-order valence-corrected chi connectivity index (χ0v) is 9.20. The van der Waals surface area contributed by atoms with E-state index < -0.39 is 5.97 Å². The Kier molecular flexibility index (Phi) is 3.08. The fraction of sp³-hybridized carbons (Fsp3) is 0.300. The molecule has 0 spiro atoms. The Hall–Kier alpha value is -2.31. The number of anilines is 1. The minimum atomic E-state index is -1.11. The molecule has 1 atom stereocenters. The van der Waals surface area contributed by atoms with E-state index in [0.717, 1.165) is 6.26 Å². The summed E-state index contributed by atoms with van der Waals surface area (Å²) in [6, 6.07) is 2.05. The molecular weight excluding hydrogens is 224 g/mol. The summed E-state index contributed by atoms with van der Waals surface area (Å²) < 4.78 is 6.75. The largest absolute Gasteiger partial charge is 0.476 e. The summed E-state index contributed by atoms with van der Waals surface area (Å²) in [5.74, 6) is -1.11. The van der Waals surface area contributed by atoms with E-state index in [1.807, 2.05) is 19.2 Å². The third-order valence-electron chi connectivity index (χ3n) is 2.11. The zero-order valence-electron chi connectivity index (χ0n) is 9.20. The van der Waals surface area contributed by atoms with Crippen LogP contribution >= 0.6 is 0 Å². The van der Waals surface area contributed by atoms with Gasteiger partial charge in [0.25, 0.3) is 6.01 Å². The van der Waals surface area contributed by atoms with E-state index in [9.17, 15) is 4.79 Å². The Morgan fingerprint density at radius 1 is 1.71 bits per heavy atom. The van der Waals surface area contributed by atoms with Crippen molar-refractivity contribution in [3.05, 3.63) is 30.4 Å². The molecule has 17 heavy (non-hydrogen) atoms. The van der Waals surface area contributed by atoms with Crippen LogP contribution in [0.4, 0.5) is 6.01 Å². The van der Waals surface area contributed by atoms with E-state index in [0.29, 0.717) is 6.54 Å². The number of carboxylic acids is 1. The van der Waals surface area contributed by atoms with Crippen molar-refractivity contribution in [2.75, 3.05) is 5.32 Å². The number of hydrogen-bond donors (Lipinski definition) is 2. The number of carboxylic acid groups (broad SMARTS) is 1. The predicted molar refractivity (Wildman–Crippen MR) is 58.8 cm³/mol. The van der Waals surface area contributed by atoms with E-state index in [4.69, 9.17) is 9.52 Å². The van der Waals surface area contributed by atoms with Gasteiger partial charge in [-0.05, 0) is 13.0 Å². The molecule has 0 saturated heterocycles. The van der Waals surface area contributed by atoms with E-state index >= 15 is 0 Å². The summed E-state index contributed by atoms with van der Waals surface area (Å²) >= 11 is 0. The van der Waals surface area contributed by atoms with Gasteiger partial charge in [-0.2, -0.15) is 10.1 Å². The van der Waals surface area contributed by atoms with Crippen molar-refractivity contribution in [1.29, 1.82) is 0 Å². The molecule has 7 heteroatoms. The van der Waals surface area contributed by atoms with Gasteiger partial charge in [-0.1, -0.05) is 0 Å².